The molecular weight excluding hydrogens is 294 g/mol. The molecule has 0 aliphatic carbocycles. The Balaban J connectivity index is 1.62. The van der Waals surface area contributed by atoms with E-state index in [1.165, 1.54) is 5.56 Å². The van der Waals surface area contributed by atoms with Crippen molar-refractivity contribution in [1.82, 2.24) is 4.90 Å². The van der Waals surface area contributed by atoms with Crippen molar-refractivity contribution in [3.8, 4) is 5.75 Å². The molecule has 1 amide bonds. The Kier molecular flexibility index (Phi) is 4.39. The van der Waals surface area contributed by atoms with E-state index in [0.717, 1.165) is 11.3 Å². The molecule has 1 N–H and O–H groups in total. The molecule has 5 heteroatoms. The van der Waals surface area contributed by atoms with Crippen LogP contribution in [0.25, 0.3) is 0 Å². The van der Waals surface area contributed by atoms with Crippen LogP contribution in [-0.2, 0) is 6.61 Å². The highest BCUT2D eigenvalue weighted by Crippen LogP contribution is 2.21. The summed E-state index contributed by atoms with van der Waals surface area (Å²) in [6.07, 6.45) is 0.191. The molecule has 2 heterocycles. The number of aryl methyl sites for hydroxylation is 2. The number of furan rings is 1. The zero-order chi connectivity index (χ0) is 16.4. The Morgan fingerprint density at radius 1 is 1.35 bits per heavy atom. The summed E-state index contributed by atoms with van der Waals surface area (Å²) in [6.45, 7) is 5.25. The van der Waals surface area contributed by atoms with Gasteiger partial charge in [0.2, 0.25) is 0 Å². The first kappa shape index (κ1) is 15.6. The summed E-state index contributed by atoms with van der Waals surface area (Å²) in [5, 5.41) is 9.51. The Labute approximate surface area is 135 Å². The van der Waals surface area contributed by atoms with Crippen LogP contribution >= 0.6 is 0 Å². The molecule has 1 atom stereocenters. The molecule has 1 aliphatic rings. The van der Waals surface area contributed by atoms with E-state index < -0.39 is 6.10 Å². The van der Waals surface area contributed by atoms with Crippen LogP contribution in [0, 0.1) is 13.8 Å². The second-order valence-corrected chi connectivity index (χ2v) is 6.02. The maximum Gasteiger partial charge on any atom is 0.289 e. The van der Waals surface area contributed by atoms with Gasteiger partial charge >= 0.3 is 0 Å². The van der Waals surface area contributed by atoms with Crippen LogP contribution in [0.1, 0.15) is 33.9 Å². The van der Waals surface area contributed by atoms with E-state index in [0.29, 0.717) is 31.0 Å². The van der Waals surface area contributed by atoms with Crippen molar-refractivity contribution in [3.05, 3.63) is 53.0 Å². The van der Waals surface area contributed by atoms with E-state index in [-0.39, 0.29) is 12.5 Å². The van der Waals surface area contributed by atoms with Crippen molar-refractivity contribution in [2.24, 2.45) is 0 Å². The molecule has 0 unspecified atom stereocenters. The molecule has 0 radical (unpaired) electrons. The van der Waals surface area contributed by atoms with E-state index in [2.05, 4.69) is 6.07 Å². The predicted octanol–water partition coefficient (Wildman–Crippen LogP) is 2.68. The van der Waals surface area contributed by atoms with Crippen LogP contribution in [0.2, 0.25) is 0 Å². The number of hydrogen-bond acceptors (Lipinski definition) is 4. The van der Waals surface area contributed by atoms with Crippen LogP contribution in [0.5, 0.6) is 5.75 Å². The number of ether oxygens (including phenoxy) is 1. The van der Waals surface area contributed by atoms with Gasteiger partial charge in [-0.2, -0.15) is 0 Å². The summed E-state index contributed by atoms with van der Waals surface area (Å²) in [4.78, 5) is 13.9. The molecule has 122 valence electrons. The lowest BCUT2D eigenvalue weighted by molar-refractivity contribution is 0.0729. The van der Waals surface area contributed by atoms with Crippen LogP contribution in [-0.4, -0.2) is 35.1 Å². The number of carbonyl (C=O) groups excluding carboxylic acids is 1. The largest absolute Gasteiger partial charge is 0.485 e. The summed E-state index contributed by atoms with van der Waals surface area (Å²) in [5.74, 6) is 1.52. The number of aliphatic hydroxyl groups is 1. The van der Waals surface area contributed by atoms with Crippen LogP contribution in [0.3, 0.4) is 0 Å². The summed E-state index contributed by atoms with van der Waals surface area (Å²) in [7, 11) is 0. The number of hydrogen-bond donors (Lipinski definition) is 1. The maximum atomic E-state index is 12.3. The first-order valence-corrected chi connectivity index (χ1v) is 7.79. The zero-order valence-electron chi connectivity index (χ0n) is 13.4. The quantitative estimate of drug-likeness (QED) is 0.942. The fraction of sp³-hybridized carbons (Fsp3) is 0.389. The van der Waals surface area contributed by atoms with Gasteiger partial charge in [-0.05, 0) is 44.0 Å². The molecule has 1 saturated heterocycles. The van der Waals surface area contributed by atoms with Crippen LogP contribution in [0.4, 0.5) is 0 Å². The van der Waals surface area contributed by atoms with Gasteiger partial charge in [0, 0.05) is 13.1 Å². The van der Waals surface area contributed by atoms with Crippen molar-refractivity contribution >= 4 is 5.91 Å². The van der Waals surface area contributed by atoms with Gasteiger partial charge in [0.05, 0.1) is 6.10 Å². The summed E-state index contributed by atoms with van der Waals surface area (Å²) in [6, 6.07) is 9.41. The Hall–Kier alpha value is -2.27. The third-order valence-electron chi connectivity index (χ3n) is 4.02. The number of carbonyl (C=O) groups is 1. The second-order valence-electron chi connectivity index (χ2n) is 6.02. The van der Waals surface area contributed by atoms with E-state index in [9.17, 15) is 9.90 Å². The third-order valence-corrected chi connectivity index (χ3v) is 4.02. The molecular formula is C18H21NO4. The average Bonchev–Trinajstić information content (AvgIpc) is 3.15. The van der Waals surface area contributed by atoms with Crippen LogP contribution in [0.15, 0.2) is 34.7 Å². The Morgan fingerprint density at radius 2 is 2.17 bits per heavy atom. The van der Waals surface area contributed by atoms with Crippen molar-refractivity contribution < 1.29 is 19.1 Å². The molecule has 0 bridgehead atoms. The molecule has 1 aromatic carbocycles. The number of likely N-dealkylation sites (tertiary alicyclic amines) is 1. The van der Waals surface area contributed by atoms with Gasteiger partial charge in [-0.1, -0.05) is 17.7 Å². The SMILES string of the molecule is Cc1ccc(OCc2ccc(C(=O)N3CC[C@@H](O)C3)o2)c(C)c1. The zero-order valence-corrected chi connectivity index (χ0v) is 13.4. The first-order chi connectivity index (χ1) is 11.0. The number of aliphatic hydroxyl groups excluding tert-OH is 1. The van der Waals surface area contributed by atoms with Gasteiger partial charge in [0.15, 0.2) is 5.76 Å². The Morgan fingerprint density at radius 3 is 2.87 bits per heavy atom. The highest BCUT2D eigenvalue weighted by Gasteiger charge is 2.27. The second kappa shape index (κ2) is 6.46. The number of amides is 1. The number of rotatable bonds is 4. The van der Waals surface area contributed by atoms with E-state index in [1.54, 1.807) is 17.0 Å². The topological polar surface area (TPSA) is 62.9 Å². The van der Waals surface area contributed by atoms with Gasteiger partial charge in [0.25, 0.3) is 5.91 Å². The lowest BCUT2D eigenvalue weighted by Gasteiger charge is -2.13. The first-order valence-electron chi connectivity index (χ1n) is 7.79. The number of β-amino-alcohol motifs (C(OH)–C–C–N with tert-alkyl or cyclic N) is 1. The molecule has 2 aromatic rings. The van der Waals surface area contributed by atoms with Gasteiger partial charge < -0.3 is 19.2 Å². The fourth-order valence-corrected chi connectivity index (χ4v) is 2.76. The third kappa shape index (κ3) is 3.56. The number of benzene rings is 1. The van der Waals surface area contributed by atoms with E-state index in [1.807, 2.05) is 26.0 Å². The predicted molar refractivity (Wildman–Crippen MR) is 85.5 cm³/mol. The molecule has 1 aromatic heterocycles. The van der Waals surface area contributed by atoms with Crippen molar-refractivity contribution in [1.29, 1.82) is 0 Å². The van der Waals surface area contributed by atoms with E-state index in [4.69, 9.17) is 9.15 Å². The molecule has 0 saturated carbocycles. The van der Waals surface area contributed by atoms with E-state index >= 15 is 0 Å². The lowest BCUT2D eigenvalue weighted by atomic mass is 10.1. The lowest BCUT2D eigenvalue weighted by Crippen LogP contribution is -2.29. The van der Waals surface area contributed by atoms with Gasteiger partial charge in [-0.25, -0.2) is 0 Å². The van der Waals surface area contributed by atoms with Gasteiger partial charge in [-0.15, -0.1) is 0 Å². The maximum absolute atomic E-state index is 12.3. The highest BCUT2D eigenvalue weighted by atomic mass is 16.5. The molecule has 5 nitrogen and oxygen atoms in total. The minimum Gasteiger partial charge on any atom is -0.485 e. The molecule has 3 rings (SSSR count). The molecule has 1 aliphatic heterocycles. The average molecular weight is 315 g/mol. The summed E-state index contributed by atoms with van der Waals surface area (Å²) < 4.78 is 11.3. The highest BCUT2D eigenvalue weighted by molar-refractivity contribution is 5.91. The smallest absolute Gasteiger partial charge is 0.289 e. The minimum absolute atomic E-state index is 0.181. The number of nitrogens with zero attached hydrogens (tertiary/aromatic N) is 1. The van der Waals surface area contributed by atoms with Gasteiger partial charge in [0.1, 0.15) is 18.1 Å². The van der Waals surface area contributed by atoms with Crippen molar-refractivity contribution in [3.63, 3.8) is 0 Å². The molecule has 23 heavy (non-hydrogen) atoms. The fourth-order valence-electron chi connectivity index (χ4n) is 2.76. The van der Waals surface area contributed by atoms with Crippen LogP contribution < -0.4 is 4.74 Å². The van der Waals surface area contributed by atoms with Crippen molar-refractivity contribution in [2.75, 3.05) is 13.1 Å². The van der Waals surface area contributed by atoms with Gasteiger partial charge in [-0.3, -0.25) is 4.79 Å². The Bertz CT molecular complexity index is 707. The normalized spacial score (nSPS) is 17.5. The summed E-state index contributed by atoms with van der Waals surface area (Å²) in [5.41, 5.74) is 2.26. The van der Waals surface area contributed by atoms with Crippen molar-refractivity contribution in [2.45, 2.75) is 33.0 Å². The summed E-state index contributed by atoms with van der Waals surface area (Å²) >= 11 is 0. The standard InChI is InChI=1S/C18H21NO4/c1-12-3-5-16(13(2)9-12)22-11-15-4-6-17(23-15)18(21)19-8-7-14(20)10-19/h3-6,9,14,20H,7-8,10-11H2,1-2H3/t14-/m1/s1. The molecule has 0 spiro atoms. The molecule has 1 fully saturated rings. The minimum atomic E-state index is -0.429. The monoisotopic (exact) mass is 315 g/mol.